The molecule has 0 N–H and O–H groups in total. The predicted molar refractivity (Wildman–Crippen MR) is 73.5 cm³/mol. The molecule has 0 aromatic carbocycles. The van der Waals surface area contributed by atoms with Crippen molar-refractivity contribution in [1.82, 2.24) is 8.75 Å². The van der Waals surface area contributed by atoms with Gasteiger partial charge in [0.25, 0.3) is 5.88 Å². The van der Waals surface area contributed by atoms with Gasteiger partial charge in [-0.3, -0.25) is 0 Å². The summed E-state index contributed by atoms with van der Waals surface area (Å²) in [7, 11) is 0. The first-order valence-corrected chi connectivity index (χ1v) is 7.15. The van der Waals surface area contributed by atoms with Crippen LogP contribution in [0.2, 0.25) is 0 Å². The van der Waals surface area contributed by atoms with Gasteiger partial charge in [-0.15, -0.1) is 4.37 Å². The molecule has 0 radical (unpaired) electrons. The molecular formula is C13H22N2OS. The Balaban J connectivity index is 2.43. The Morgan fingerprint density at radius 3 is 2.76 bits per heavy atom. The molecule has 1 rings (SSSR count). The second-order valence-electron chi connectivity index (χ2n) is 4.12. The molecule has 0 amide bonds. The average molecular weight is 254 g/mol. The first-order valence-electron chi connectivity index (χ1n) is 6.42. The Kier molecular flexibility index (Phi) is 6.86. The standard InChI is InChI=1S/C13H22N2OS/c1-4-6-7-8-10-16-13-12(14-17-15-13)11(3)9-5-2/h9H,4-8,10H2,1-3H3/b11-9+. The van der Waals surface area contributed by atoms with Crippen LogP contribution in [0.3, 0.4) is 0 Å². The first-order chi connectivity index (χ1) is 8.29. The third-order valence-corrected chi connectivity index (χ3v) is 3.09. The number of unbranched alkanes of at least 4 members (excludes halogenated alkanes) is 3. The molecule has 0 aliphatic heterocycles. The van der Waals surface area contributed by atoms with E-state index in [1.165, 1.54) is 31.0 Å². The van der Waals surface area contributed by atoms with Gasteiger partial charge in [0.05, 0.1) is 18.3 Å². The molecule has 0 unspecified atom stereocenters. The zero-order valence-corrected chi connectivity index (χ0v) is 11.8. The van der Waals surface area contributed by atoms with E-state index in [9.17, 15) is 0 Å². The maximum absolute atomic E-state index is 5.69. The minimum atomic E-state index is 0.702. The number of hydrogen-bond donors (Lipinski definition) is 0. The van der Waals surface area contributed by atoms with E-state index in [-0.39, 0.29) is 0 Å². The lowest BCUT2D eigenvalue weighted by Crippen LogP contribution is -1.99. The van der Waals surface area contributed by atoms with Crippen LogP contribution < -0.4 is 4.74 Å². The molecule has 0 atom stereocenters. The van der Waals surface area contributed by atoms with Crippen molar-refractivity contribution in [3.05, 3.63) is 11.8 Å². The summed E-state index contributed by atoms with van der Waals surface area (Å²) in [5.41, 5.74) is 2.07. The van der Waals surface area contributed by atoms with Gasteiger partial charge in [-0.1, -0.05) is 39.2 Å². The minimum Gasteiger partial charge on any atom is -0.475 e. The third-order valence-electron chi connectivity index (χ3n) is 2.58. The van der Waals surface area contributed by atoms with Gasteiger partial charge in [-0.2, -0.15) is 4.37 Å². The zero-order valence-electron chi connectivity index (χ0n) is 11.0. The van der Waals surface area contributed by atoms with Gasteiger partial charge in [0, 0.05) is 0 Å². The Labute approximate surface area is 108 Å². The quantitative estimate of drug-likeness (QED) is 0.648. The molecule has 3 nitrogen and oxygen atoms in total. The lowest BCUT2D eigenvalue weighted by atomic mass is 10.2. The largest absolute Gasteiger partial charge is 0.475 e. The lowest BCUT2D eigenvalue weighted by Gasteiger charge is -2.04. The number of rotatable bonds is 8. The third kappa shape index (κ3) is 4.86. The SMILES string of the molecule is CC/C=C(\C)c1nsnc1OCCCCCC. The van der Waals surface area contributed by atoms with Crippen LogP contribution in [0, 0.1) is 0 Å². The summed E-state index contributed by atoms with van der Waals surface area (Å²) in [5.74, 6) is 0.702. The van der Waals surface area contributed by atoms with Crippen molar-refractivity contribution in [3.63, 3.8) is 0 Å². The summed E-state index contributed by atoms with van der Waals surface area (Å²) in [5, 5.41) is 0. The molecule has 1 heterocycles. The number of allylic oxidation sites excluding steroid dienone is 2. The molecule has 96 valence electrons. The molecule has 0 aliphatic carbocycles. The van der Waals surface area contributed by atoms with E-state index in [2.05, 4.69) is 35.6 Å². The smallest absolute Gasteiger partial charge is 0.253 e. The second kappa shape index (κ2) is 8.23. The fourth-order valence-corrected chi connectivity index (χ4v) is 2.17. The summed E-state index contributed by atoms with van der Waals surface area (Å²) in [6.07, 6.45) is 8.02. The molecule has 1 aromatic rings. The lowest BCUT2D eigenvalue weighted by molar-refractivity contribution is 0.295. The van der Waals surface area contributed by atoms with Crippen LogP contribution in [0.1, 0.15) is 58.6 Å². The van der Waals surface area contributed by atoms with E-state index in [1.807, 2.05) is 0 Å². The van der Waals surface area contributed by atoms with E-state index >= 15 is 0 Å². The van der Waals surface area contributed by atoms with E-state index in [0.29, 0.717) is 5.88 Å². The molecule has 0 spiro atoms. The minimum absolute atomic E-state index is 0.702. The van der Waals surface area contributed by atoms with Crippen LogP contribution in [-0.4, -0.2) is 15.4 Å². The summed E-state index contributed by atoms with van der Waals surface area (Å²) >= 11 is 1.22. The summed E-state index contributed by atoms with van der Waals surface area (Å²) in [6.45, 7) is 7.14. The van der Waals surface area contributed by atoms with Gasteiger partial charge in [0.15, 0.2) is 0 Å². The summed E-state index contributed by atoms with van der Waals surface area (Å²) < 4.78 is 14.2. The summed E-state index contributed by atoms with van der Waals surface area (Å²) in [6, 6.07) is 0. The van der Waals surface area contributed by atoms with Gasteiger partial charge in [0.2, 0.25) is 0 Å². The van der Waals surface area contributed by atoms with Crippen LogP contribution in [-0.2, 0) is 0 Å². The van der Waals surface area contributed by atoms with Crippen LogP contribution in [0.5, 0.6) is 5.88 Å². The van der Waals surface area contributed by atoms with Crippen LogP contribution in [0.15, 0.2) is 6.08 Å². The molecule has 0 saturated carbocycles. The average Bonchev–Trinajstić information content (AvgIpc) is 2.77. The second-order valence-corrected chi connectivity index (χ2v) is 4.65. The summed E-state index contributed by atoms with van der Waals surface area (Å²) in [4.78, 5) is 0. The number of hydrogen-bond acceptors (Lipinski definition) is 4. The number of nitrogens with zero attached hydrogens (tertiary/aromatic N) is 2. The van der Waals surface area contributed by atoms with Gasteiger partial charge in [-0.25, -0.2) is 0 Å². The first kappa shape index (κ1) is 14.2. The van der Waals surface area contributed by atoms with Crippen molar-refractivity contribution < 1.29 is 4.74 Å². The van der Waals surface area contributed by atoms with Gasteiger partial charge >= 0.3 is 0 Å². The number of ether oxygens (including phenoxy) is 1. The van der Waals surface area contributed by atoms with E-state index in [4.69, 9.17) is 4.74 Å². The Morgan fingerprint density at radius 2 is 2.06 bits per heavy atom. The maximum Gasteiger partial charge on any atom is 0.253 e. The predicted octanol–water partition coefficient (Wildman–Crippen LogP) is 4.31. The highest BCUT2D eigenvalue weighted by atomic mass is 32.1. The van der Waals surface area contributed by atoms with E-state index in [0.717, 1.165) is 30.7 Å². The van der Waals surface area contributed by atoms with Crippen LogP contribution >= 0.6 is 11.7 Å². The topological polar surface area (TPSA) is 35.0 Å². The molecular weight excluding hydrogens is 232 g/mol. The van der Waals surface area contributed by atoms with Crippen LogP contribution in [0.4, 0.5) is 0 Å². The van der Waals surface area contributed by atoms with Crippen molar-refractivity contribution in [1.29, 1.82) is 0 Å². The molecule has 1 aromatic heterocycles. The van der Waals surface area contributed by atoms with Gasteiger partial charge in [0.1, 0.15) is 5.69 Å². The molecule has 0 bridgehead atoms. The van der Waals surface area contributed by atoms with Crippen molar-refractivity contribution in [2.24, 2.45) is 0 Å². The molecule has 0 fully saturated rings. The molecule has 0 aliphatic rings. The Morgan fingerprint density at radius 1 is 1.24 bits per heavy atom. The van der Waals surface area contributed by atoms with Crippen molar-refractivity contribution in [2.75, 3.05) is 6.61 Å². The molecule has 0 saturated heterocycles. The highest BCUT2D eigenvalue weighted by Gasteiger charge is 2.10. The molecule has 4 heteroatoms. The zero-order chi connectivity index (χ0) is 12.5. The fourth-order valence-electron chi connectivity index (χ4n) is 1.62. The fraction of sp³-hybridized carbons (Fsp3) is 0.692. The van der Waals surface area contributed by atoms with Crippen molar-refractivity contribution in [2.45, 2.75) is 52.9 Å². The van der Waals surface area contributed by atoms with E-state index in [1.54, 1.807) is 0 Å². The van der Waals surface area contributed by atoms with Crippen LogP contribution in [0.25, 0.3) is 5.57 Å². The Hall–Kier alpha value is -0.900. The van der Waals surface area contributed by atoms with Crippen molar-refractivity contribution >= 4 is 17.3 Å². The van der Waals surface area contributed by atoms with Gasteiger partial charge < -0.3 is 4.74 Å². The number of aromatic nitrogens is 2. The highest BCUT2D eigenvalue weighted by Crippen LogP contribution is 2.23. The highest BCUT2D eigenvalue weighted by molar-refractivity contribution is 6.99. The van der Waals surface area contributed by atoms with Crippen molar-refractivity contribution in [3.8, 4) is 5.88 Å². The Bertz CT molecular complexity index is 347. The molecule has 17 heavy (non-hydrogen) atoms. The van der Waals surface area contributed by atoms with Gasteiger partial charge in [-0.05, 0) is 25.3 Å². The monoisotopic (exact) mass is 254 g/mol. The normalized spacial score (nSPS) is 11.8. The van der Waals surface area contributed by atoms with E-state index < -0.39 is 0 Å². The maximum atomic E-state index is 5.69.